The van der Waals surface area contributed by atoms with E-state index in [1.54, 1.807) is 0 Å². The minimum absolute atomic E-state index is 0.00858. The highest BCUT2D eigenvalue weighted by Crippen LogP contribution is 2.55. The lowest BCUT2D eigenvalue weighted by molar-refractivity contribution is 0.394. The van der Waals surface area contributed by atoms with E-state index in [9.17, 15) is 0 Å². The van der Waals surface area contributed by atoms with Crippen LogP contribution in [0.2, 0.25) is 0 Å². The molecular weight excluding hydrogens is 581 g/mol. The van der Waals surface area contributed by atoms with Crippen LogP contribution in [-0.2, 0) is 16.2 Å². The molecule has 46 heavy (non-hydrogen) atoms. The van der Waals surface area contributed by atoms with Crippen molar-refractivity contribution in [2.24, 2.45) is 0 Å². The van der Waals surface area contributed by atoms with Gasteiger partial charge in [-0.15, -0.1) is 0 Å². The first kappa shape index (κ1) is 28.2. The second-order valence-electron chi connectivity index (χ2n) is 15.7. The summed E-state index contributed by atoms with van der Waals surface area (Å²) in [6.45, 7) is 16.4. The highest BCUT2D eigenvalue weighted by Gasteiger charge is 2.49. The molecule has 0 unspecified atom stereocenters. The van der Waals surface area contributed by atoms with Crippen LogP contribution in [0.1, 0.15) is 71.6 Å². The summed E-state index contributed by atoms with van der Waals surface area (Å²) in [7, 11) is 0. The van der Waals surface area contributed by atoms with Crippen molar-refractivity contribution in [2.75, 3.05) is 4.90 Å². The van der Waals surface area contributed by atoms with Crippen LogP contribution >= 0.6 is 11.8 Å². The first-order chi connectivity index (χ1) is 21.9. The van der Waals surface area contributed by atoms with Crippen LogP contribution in [0.4, 0.5) is 17.1 Å². The Morgan fingerprint density at radius 1 is 0.696 bits per heavy atom. The molecule has 0 bridgehead atoms. The van der Waals surface area contributed by atoms with Gasteiger partial charge in [-0.2, -0.15) is 0 Å². The van der Waals surface area contributed by atoms with Gasteiger partial charge < -0.3 is 14.4 Å². The Morgan fingerprint density at radius 2 is 1.35 bits per heavy atom. The molecule has 5 aromatic carbocycles. The van der Waals surface area contributed by atoms with Gasteiger partial charge in [0, 0.05) is 32.9 Å². The van der Waals surface area contributed by atoms with E-state index in [1.165, 1.54) is 48.8 Å². The van der Waals surface area contributed by atoms with E-state index in [2.05, 4.69) is 144 Å². The van der Waals surface area contributed by atoms with E-state index >= 15 is 0 Å². The third kappa shape index (κ3) is 3.94. The number of benzene rings is 5. The average Bonchev–Trinajstić information content (AvgIpc) is 3.21. The highest BCUT2D eigenvalue weighted by atomic mass is 32.2. The second-order valence-corrected chi connectivity index (χ2v) is 16.8. The number of rotatable bonds is 1. The van der Waals surface area contributed by atoms with Gasteiger partial charge in [0.05, 0.1) is 17.1 Å². The standard InChI is InChI=1S/C41H38BNO2S/c1-39(2,3)24-16-19-31-28(20-24)42-27-18-17-26-36(41(6,7)23-40(26,4)5)38(27)45-33-22-25(21-32(44-31)37(33)42)43-29-12-8-10-14-34(29)46-35-15-11-9-13-30(35)43/h8-22H,23H2,1-7H3. The lowest BCUT2D eigenvalue weighted by Crippen LogP contribution is -2.58. The van der Waals surface area contributed by atoms with Crippen molar-refractivity contribution in [1.82, 2.24) is 0 Å². The van der Waals surface area contributed by atoms with Crippen molar-refractivity contribution in [1.29, 1.82) is 0 Å². The molecule has 0 radical (unpaired) electrons. The zero-order valence-corrected chi connectivity index (χ0v) is 28.4. The fourth-order valence-corrected chi connectivity index (χ4v) is 9.71. The van der Waals surface area contributed by atoms with Crippen molar-refractivity contribution in [3.8, 4) is 23.0 Å². The maximum atomic E-state index is 7.20. The number of anilines is 3. The zero-order chi connectivity index (χ0) is 31.7. The van der Waals surface area contributed by atoms with Gasteiger partial charge in [0.1, 0.15) is 23.0 Å². The minimum Gasteiger partial charge on any atom is -0.458 e. The van der Waals surface area contributed by atoms with E-state index in [4.69, 9.17) is 9.47 Å². The summed E-state index contributed by atoms with van der Waals surface area (Å²) < 4.78 is 14.1. The highest BCUT2D eigenvalue weighted by molar-refractivity contribution is 7.99. The molecule has 4 aliphatic rings. The molecule has 0 spiro atoms. The Labute approximate surface area is 277 Å². The molecule has 3 nitrogen and oxygen atoms in total. The number of para-hydroxylation sites is 2. The normalized spacial score (nSPS) is 17.5. The van der Waals surface area contributed by atoms with Gasteiger partial charge in [-0.25, -0.2) is 0 Å². The molecule has 9 rings (SSSR count). The summed E-state index contributed by atoms with van der Waals surface area (Å²) >= 11 is 1.82. The smallest absolute Gasteiger partial charge is 0.260 e. The maximum absolute atomic E-state index is 7.20. The molecule has 0 amide bonds. The van der Waals surface area contributed by atoms with Gasteiger partial charge in [-0.05, 0) is 75.1 Å². The minimum atomic E-state index is -0.00858. The van der Waals surface area contributed by atoms with Crippen LogP contribution in [0, 0.1) is 0 Å². The molecule has 5 aromatic rings. The molecule has 0 fully saturated rings. The first-order valence-electron chi connectivity index (χ1n) is 16.4. The lowest BCUT2D eigenvalue weighted by atomic mass is 9.34. The Bertz CT molecular complexity index is 2080. The number of fused-ring (bicyclic) bond motifs is 8. The van der Waals surface area contributed by atoms with Gasteiger partial charge in [0.15, 0.2) is 0 Å². The van der Waals surface area contributed by atoms with E-state index in [0.29, 0.717) is 0 Å². The predicted molar refractivity (Wildman–Crippen MR) is 192 cm³/mol. The summed E-state index contributed by atoms with van der Waals surface area (Å²) in [6, 6.07) is 33.3. The molecule has 228 valence electrons. The van der Waals surface area contributed by atoms with E-state index in [-0.39, 0.29) is 23.0 Å². The molecule has 5 heteroatoms. The average molecular weight is 620 g/mol. The monoisotopic (exact) mass is 619 g/mol. The Kier molecular flexibility index (Phi) is 5.67. The molecule has 0 aromatic heterocycles. The van der Waals surface area contributed by atoms with Crippen LogP contribution in [0.25, 0.3) is 0 Å². The number of nitrogens with zero attached hydrogens (tertiary/aromatic N) is 1. The number of hydrogen-bond donors (Lipinski definition) is 0. The Hall–Kier alpha value is -4.09. The molecule has 0 N–H and O–H groups in total. The third-order valence-corrected chi connectivity index (χ3v) is 11.6. The van der Waals surface area contributed by atoms with Gasteiger partial charge in [0.25, 0.3) is 6.71 Å². The Morgan fingerprint density at radius 3 is 2.02 bits per heavy atom. The summed E-state index contributed by atoms with van der Waals surface area (Å²) in [5.74, 6) is 3.72. The van der Waals surface area contributed by atoms with Gasteiger partial charge in [-0.1, -0.05) is 109 Å². The van der Waals surface area contributed by atoms with Crippen LogP contribution in [0.15, 0.2) is 101 Å². The van der Waals surface area contributed by atoms with Crippen molar-refractivity contribution < 1.29 is 9.47 Å². The fraction of sp³-hybridized carbons (Fsp3) is 0.268. The molecule has 0 atom stereocenters. The van der Waals surface area contributed by atoms with Gasteiger partial charge >= 0.3 is 0 Å². The van der Waals surface area contributed by atoms with Crippen molar-refractivity contribution in [2.45, 2.75) is 80.9 Å². The zero-order valence-electron chi connectivity index (χ0n) is 27.6. The van der Waals surface area contributed by atoms with Crippen molar-refractivity contribution >= 4 is 51.9 Å². The summed E-state index contributed by atoms with van der Waals surface area (Å²) in [5, 5.41) is 0. The summed E-state index contributed by atoms with van der Waals surface area (Å²) in [5.41, 5.74) is 11.1. The molecular formula is C41H38BNO2S. The fourth-order valence-electron chi connectivity index (χ4n) is 8.65. The van der Waals surface area contributed by atoms with Crippen LogP contribution in [-0.4, -0.2) is 6.71 Å². The Balaban J connectivity index is 1.32. The first-order valence-corrected chi connectivity index (χ1v) is 17.2. The molecule has 1 aliphatic carbocycles. The molecule has 3 heterocycles. The van der Waals surface area contributed by atoms with Gasteiger partial charge in [0.2, 0.25) is 0 Å². The number of hydrogen-bond acceptors (Lipinski definition) is 4. The molecule has 0 saturated heterocycles. The second kappa shape index (κ2) is 9.26. The predicted octanol–water partition coefficient (Wildman–Crippen LogP) is 9.60. The van der Waals surface area contributed by atoms with Crippen LogP contribution in [0.3, 0.4) is 0 Å². The van der Waals surface area contributed by atoms with Gasteiger partial charge in [-0.3, -0.25) is 0 Å². The number of ether oxygens (including phenoxy) is 2. The lowest BCUT2D eigenvalue weighted by Gasteiger charge is -2.38. The quantitative estimate of drug-likeness (QED) is 0.171. The van der Waals surface area contributed by atoms with E-state index < -0.39 is 0 Å². The van der Waals surface area contributed by atoms with Crippen molar-refractivity contribution in [3.05, 3.63) is 108 Å². The molecule has 3 aliphatic heterocycles. The van der Waals surface area contributed by atoms with E-state index in [1.807, 2.05) is 11.8 Å². The third-order valence-electron chi connectivity index (χ3n) is 10.5. The largest absolute Gasteiger partial charge is 0.458 e. The SMILES string of the molecule is CC(C)(C)c1ccc2c(c1)B1c3ccc4c(c3Oc3cc(N5c6ccccc6Sc6ccccc65)cc(c31)O2)C(C)(C)CC4(C)C. The maximum Gasteiger partial charge on any atom is 0.260 e. The summed E-state index contributed by atoms with van der Waals surface area (Å²) in [6.07, 6.45) is 1.09. The van der Waals surface area contributed by atoms with E-state index in [0.717, 1.165) is 40.6 Å². The van der Waals surface area contributed by atoms with Crippen molar-refractivity contribution in [3.63, 3.8) is 0 Å². The molecule has 0 saturated carbocycles. The van der Waals surface area contributed by atoms with Crippen LogP contribution in [0.5, 0.6) is 23.0 Å². The topological polar surface area (TPSA) is 21.7 Å². The summed E-state index contributed by atoms with van der Waals surface area (Å²) in [4.78, 5) is 4.84. The van der Waals surface area contributed by atoms with Crippen LogP contribution < -0.4 is 30.8 Å².